The number of hydrogen-bond acceptors (Lipinski definition) is 6. The van der Waals surface area contributed by atoms with Crippen LogP contribution in [0.25, 0.3) is 11.0 Å². The molecule has 1 saturated carbocycles. The number of aromatic nitrogens is 5. The molecule has 9 heteroatoms. The molecule has 1 unspecified atom stereocenters. The van der Waals surface area contributed by atoms with Crippen LogP contribution >= 0.6 is 0 Å². The fourth-order valence-corrected chi connectivity index (χ4v) is 6.35. The first-order valence-corrected chi connectivity index (χ1v) is 13.3. The van der Waals surface area contributed by atoms with Crippen molar-refractivity contribution in [3.05, 3.63) is 71.6 Å². The number of nitrogens with zero attached hydrogens (tertiary/aromatic N) is 6. The Balaban J connectivity index is 1.27. The Kier molecular flexibility index (Phi) is 6.20. The Labute approximate surface area is 221 Å². The second-order valence-electron chi connectivity index (χ2n) is 10.9. The minimum absolute atomic E-state index is 0.232. The smallest absolute Gasteiger partial charge is 0.274 e. The van der Waals surface area contributed by atoms with E-state index in [1.807, 2.05) is 48.1 Å². The van der Waals surface area contributed by atoms with Gasteiger partial charge in [-0.05, 0) is 80.5 Å². The van der Waals surface area contributed by atoms with Gasteiger partial charge in [0, 0.05) is 37.9 Å². The van der Waals surface area contributed by atoms with Crippen molar-refractivity contribution in [2.24, 2.45) is 13.0 Å². The first-order chi connectivity index (χ1) is 18.5. The summed E-state index contributed by atoms with van der Waals surface area (Å²) < 4.78 is 1.95. The third-order valence-corrected chi connectivity index (χ3v) is 8.36. The molecule has 2 N–H and O–H groups in total. The van der Waals surface area contributed by atoms with E-state index in [4.69, 9.17) is 0 Å². The SMILES string of the molecule is CC1CCCN1Cc1cc(C(=O)Nc2cccc(C3(c4nncn4C)CC(CC#N)C3)c2)nc2cc[nH]c12. The van der Waals surface area contributed by atoms with Crippen LogP contribution < -0.4 is 5.32 Å². The van der Waals surface area contributed by atoms with Gasteiger partial charge >= 0.3 is 0 Å². The van der Waals surface area contributed by atoms with Crippen molar-refractivity contribution >= 4 is 22.6 Å². The third kappa shape index (κ3) is 4.25. The summed E-state index contributed by atoms with van der Waals surface area (Å²) in [6.07, 6.45) is 8.19. The quantitative estimate of drug-likeness (QED) is 0.379. The third-order valence-electron chi connectivity index (χ3n) is 8.36. The van der Waals surface area contributed by atoms with Gasteiger partial charge in [-0.3, -0.25) is 9.69 Å². The van der Waals surface area contributed by atoms with E-state index in [0.29, 0.717) is 29.8 Å². The predicted molar refractivity (Wildman–Crippen MR) is 144 cm³/mol. The predicted octanol–water partition coefficient (Wildman–Crippen LogP) is 4.54. The van der Waals surface area contributed by atoms with Crippen LogP contribution in [0.2, 0.25) is 0 Å². The number of carbonyl (C=O) groups is 1. The molecule has 3 aromatic heterocycles. The lowest BCUT2D eigenvalue weighted by atomic mass is 9.57. The number of likely N-dealkylation sites (tertiary alicyclic amines) is 1. The van der Waals surface area contributed by atoms with Crippen LogP contribution in [0.15, 0.2) is 48.9 Å². The zero-order valence-electron chi connectivity index (χ0n) is 21.8. The van der Waals surface area contributed by atoms with E-state index in [2.05, 4.69) is 49.4 Å². The highest BCUT2D eigenvalue weighted by atomic mass is 16.1. The molecule has 38 heavy (non-hydrogen) atoms. The topological polar surface area (TPSA) is 116 Å². The number of H-pyrrole nitrogens is 1. The summed E-state index contributed by atoms with van der Waals surface area (Å²) in [6, 6.07) is 14.6. The van der Waals surface area contributed by atoms with Gasteiger partial charge in [0.1, 0.15) is 17.8 Å². The molecule has 1 aliphatic heterocycles. The van der Waals surface area contributed by atoms with E-state index >= 15 is 0 Å². The van der Waals surface area contributed by atoms with Crippen molar-refractivity contribution in [2.45, 2.75) is 57.0 Å². The lowest BCUT2D eigenvalue weighted by Crippen LogP contribution is -2.44. The number of amides is 1. The number of pyridine rings is 1. The van der Waals surface area contributed by atoms with Crippen molar-refractivity contribution in [1.82, 2.24) is 29.6 Å². The lowest BCUT2D eigenvalue weighted by Gasteiger charge is -2.46. The minimum Gasteiger partial charge on any atom is -0.360 e. The number of aryl methyl sites for hydroxylation is 1. The molecule has 1 atom stereocenters. The van der Waals surface area contributed by atoms with Crippen LogP contribution in [0.3, 0.4) is 0 Å². The Hall–Kier alpha value is -4.03. The summed E-state index contributed by atoms with van der Waals surface area (Å²) in [7, 11) is 1.95. The molecule has 2 fully saturated rings. The normalized spacial score (nSPS) is 23.3. The van der Waals surface area contributed by atoms with E-state index < -0.39 is 0 Å². The molecule has 0 radical (unpaired) electrons. The Morgan fingerprint density at radius 3 is 2.89 bits per heavy atom. The number of carbonyl (C=O) groups excluding carboxylic acids is 1. The standard InChI is InChI=1S/C29H32N8O/c1-19-5-4-12-37(19)17-21-13-25(34-24-9-11-31-26(21)24)27(38)33-23-7-3-6-22(14-23)29(15-20(16-29)8-10-30)28-35-32-18-36(28)2/h3,6-7,9,11,13-14,18-20,31H,4-5,8,12,15-17H2,1-2H3,(H,33,38). The van der Waals surface area contributed by atoms with E-state index in [-0.39, 0.29) is 11.3 Å². The van der Waals surface area contributed by atoms with E-state index in [0.717, 1.165) is 53.9 Å². The number of hydrogen-bond donors (Lipinski definition) is 2. The van der Waals surface area contributed by atoms with Gasteiger partial charge in [0.15, 0.2) is 0 Å². The highest BCUT2D eigenvalue weighted by Gasteiger charge is 2.49. The zero-order chi connectivity index (χ0) is 26.3. The van der Waals surface area contributed by atoms with Crippen molar-refractivity contribution in [3.63, 3.8) is 0 Å². The van der Waals surface area contributed by atoms with Gasteiger partial charge in [0.2, 0.25) is 0 Å². The maximum absolute atomic E-state index is 13.4. The van der Waals surface area contributed by atoms with E-state index in [9.17, 15) is 10.1 Å². The Morgan fingerprint density at radius 1 is 1.29 bits per heavy atom. The number of aromatic amines is 1. The fourth-order valence-electron chi connectivity index (χ4n) is 6.35. The average Bonchev–Trinajstić information content (AvgIpc) is 3.63. The maximum atomic E-state index is 13.4. The second kappa shape index (κ2) is 9.69. The molecule has 4 heterocycles. The van der Waals surface area contributed by atoms with Crippen LogP contribution in [-0.4, -0.2) is 48.1 Å². The van der Waals surface area contributed by atoms with Crippen LogP contribution in [0.5, 0.6) is 0 Å². The molecule has 194 valence electrons. The summed E-state index contributed by atoms with van der Waals surface area (Å²) in [5.74, 6) is 0.976. The number of nitriles is 1. The molecule has 1 amide bonds. The number of fused-ring (bicyclic) bond motifs is 1. The monoisotopic (exact) mass is 508 g/mol. The highest BCUT2D eigenvalue weighted by Crippen LogP contribution is 2.53. The zero-order valence-corrected chi connectivity index (χ0v) is 21.8. The van der Waals surface area contributed by atoms with Crippen molar-refractivity contribution in [2.75, 3.05) is 11.9 Å². The van der Waals surface area contributed by atoms with Gasteiger partial charge in [-0.1, -0.05) is 12.1 Å². The molecule has 4 aromatic rings. The average molecular weight is 509 g/mol. The first-order valence-electron chi connectivity index (χ1n) is 13.3. The molecular formula is C29H32N8O. The summed E-state index contributed by atoms with van der Waals surface area (Å²) in [6.45, 7) is 4.13. The Morgan fingerprint density at radius 2 is 2.16 bits per heavy atom. The fraction of sp³-hybridized carbons (Fsp3) is 0.414. The van der Waals surface area contributed by atoms with E-state index in [1.54, 1.807) is 6.33 Å². The van der Waals surface area contributed by atoms with Gasteiger partial charge in [-0.25, -0.2) is 4.98 Å². The number of nitrogens with one attached hydrogen (secondary N) is 2. The summed E-state index contributed by atoms with van der Waals surface area (Å²) >= 11 is 0. The number of rotatable bonds is 7. The van der Waals surface area contributed by atoms with Crippen molar-refractivity contribution in [3.8, 4) is 6.07 Å². The van der Waals surface area contributed by atoms with Crippen LogP contribution in [0.1, 0.15) is 66.5 Å². The molecule has 9 nitrogen and oxygen atoms in total. The van der Waals surface area contributed by atoms with Crippen molar-refractivity contribution < 1.29 is 4.79 Å². The van der Waals surface area contributed by atoms with Gasteiger partial charge in [-0.15, -0.1) is 10.2 Å². The number of anilines is 1. The molecule has 1 saturated heterocycles. The van der Waals surface area contributed by atoms with Crippen molar-refractivity contribution in [1.29, 1.82) is 5.26 Å². The molecule has 6 rings (SSSR count). The molecule has 2 aliphatic rings. The molecule has 0 bridgehead atoms. The molecule has 0 spiro atoms. The van der Waals surface area contributed by atoms with E-state index in [1.165, 1.54) is 12.8 Å². The van der Waals surface area contributed by atoms with Gasteiger partial charge in [-0.2, -0.15) is 5.26 Å². The summed E-state index contributed by atoms with van der Waals surface area (Å²) in [4.78, 5) is 23.9. The second-order valence-corrected chi connectivity index (χ2v) is 10.9. The molecular weight excluding hydrogens is 476 g/mol. The van der Waals surface area contributed by atoms with Gasteiger partial charge in [0.05, 0.1) is 22.5 Å². The largest absolute Gasteiger partial charge is 0.360 e. The molecule has 1 aliphatic carbocycles. The molecule has 1 aromatic carbocycles. The van der Waals surface area contributed by atoms with Gasteiger partial charge < -0.3 is 14.9 Å². The van der Waals surface area contributed by atoms with Crippen LogP contribution in [0, 0.1) is 17.2 Å². The van der Waals surface area contributed by atoms with Gasteiger partial charge in [0.25, 0.3) is 5.91 Å². The number of benzene rings is 1. The summed E-state index contributed by atoms with van der Waals surface area (Å²) in [5, 5.41) is 20.8. The highest BCUT2D eigenvalue weighted by molar-refractivity contribution is 6.04. The van der Waals surface area contributed by atoms with Crippen LogP contribution in [0.4, 0.5) is 5.69 Å². The van der Waals surface area contributed by atoms with Crippen LogP contribution in [-0.2, 0) is 19.0 Å². The first kappa shape index (κ1) is 24.3. The minimum atomic E-state index is -0.324. The summed E-state index contributed by atoms with van der Waals surface area (Å²) in [5.41, 5.74) is 4.74. The maximum Gasteiger partial charge on any atom is 0.274 e. The Bertz CT molecular complexity index is 1520. The lowest BCUT2D eigenvalue weighted by molar-refractivity contribution is 0.102.